The second-order valence-corrected chi connectivity index (χ2v) is 8.16. The molecule has 1 aromatic rings. The fraction of sp³-hybridized carbons (Fsp3) is 0.625. The summed E-state index contributed by atoms with van der Waals surface area (Å²) in [6.45, 7) is 5.64. The van der Waals surface area contributed by atoms with Gasteiger partial charge in [-0.05, 0) is 69.3 Å². The van der Waals surface area contributed by atoms with E-state index in [4.69, 9.17) is 0 Å². The first-order valence-corrected chi connectivity index (χ1v) is 9.26. The van der Waals surface area contributed by atoms with Crippen LogP contribution in [0.3, 0.4) is 0 Å². The lowest BCUT2D eigenvalue weighted by molar-refractivity contribution is 0.322. The molecule has 0 bridgehead atoms. The lowest BCUT2D eigenvalue weighted by Crippen LogP contribution is -2.46. The quantitative estimate of drug-likeness (QED) is 0.931. The second-order valence-electron chi connectivity index (χ2n) is 6.27. The SMILES string of the molecule is Cc1ccc(S(=O)(=O)N2CCCC2C2CCCN2)cc1C. The summed E-state index contributed by atoms with van der Waals surface area (Å²) in [5, 5.41) is 3.47. The lowest BCUT2D eigenvalue weighted by Gasteiger charge is -2.29. The predicted molar refractivity (Wildman–Crippen MR) is 83.9 cm³/mol. The van der Waals surface area contributed by atoms with Gasteiger partial charge in [0.05, 0.1) is 4.90 Å². The smallest absolute Gasteiger partial charge is 0.243 e. The third-order valence-electron chi connectivity index (χ3n) is 4.90. The topological polar surface area (TPSA) is 49.4 Å². The van der Waals surface area contributed by atoms with Gasteiger partial charge < -0.3 is 5.32 Å². The maximum atomic E-state index is 13.0. The van der Waals surface area contributed by atoms with Gasteiger partial charge in [-0.15, -0.1) is 0 Å². The average molecular weight is 308 g/mol. The summed E-state index contributed by atoms with van der Waals surface area (Å²) in [6.07, 6.45) is 4.18. The Kier molecular flexibility index (Phi) is 4.08. The highest BCUT2D eigenvalue weighted by atomic mass is 32.2. The van der Waals surface area contributed by atoms with Gasteiger partial charge in [0.1, 0.15) is 0 Å². The summed E-state index contributed by atoms with van der Waals surface area (Å²) >= 11 is 0. The number of nitrogens with zero attached hydrogens (tertiary/aromatic N) is 1. The lowest BCUT2D eigenvalue weighted by atomic mass is 10.1. The van der Waals surface area contributed by atoms with Crippen molar-refractivity contribution in [3.63, 3.8) is 0 Å². The Morgan fingerprint density at radius 1 is 1.14 bits per heavy atom. The van der Waals surface area contributed by atoms with Crippen molar-refractivity contribution in [2.45, 2.75) is 56.5 Å². The van der Waals surface area contributed by atoms with E-state index in [-0.39, 0.29) is 6.04 Å². The van der Waals surface area contributed by atoms with E-state index in [9.17, 15) is 8.42 Å². The van der Waals surface area contributed by atoms with Crippen molar-refractivity contribution in [1.82, 2.24) is 9.62 Å². The highest BCUT2D eigenvalue weighted by Crippen LogP contribution is 2.31. The largest absolute Gasteiger partial charge is 0.312 e. The maximum absolute atomic E-state index is 13.0. The van der Waals surface area contributed by atoms with Crippen molar-refractivity contribution >= 4 is 10.0 Å². The molecule has 5 heteroatoms. The zero-order valence-electron chi connectivity index (χ0n) is 12.8. The Morgan fingerprint density at radius 3 is 2.62 bits per heavy atom. The van der Waals surface area contributed by atoms with Gasteiger partial charge in [0.2, 0.25) is 10.0 Å². The van der Waals surface area contributed by atoms with E-state index in [0.717, 1.165) is 43.4 Å². The first-order valence-electron chi connectivity index (χ1n) is 7.82. The molecule has 1 aromatic carbocycles. The molecule has 0 aromatic heterocycles. The molecule has 2 fully saturated rings. The van der Waals surface area contributed by atoms with E-state index in [1.807, 2.05) is 26.0 Å². The van der Waals surface area contributed by atoms with Crippen LogP contribution in [0.25, 0.3) is 0 Å². The molecule has 0 amide bonds. The molecular formula is C16H24N2O2S. The van der Waals surface area contributed by atoms with Crippen molar-refractivity contribution < 1.29 is 8.42 Å². The van der Waals surface area contributed by atoms with Gasteiger partial charge >= 0.3 is 0 Å². The van der Waals surface area contributed by atoms with Crippen LogP contribution in [0.15, 0.2) is 23.1 Å². The molecule has 2 saturated heterocycles. The van der Waals surface area contributed by atoms with Gasteiger partial charge in [0.25, 0.3) is 0 Å². The third kappa shape index (κ3) is 2.74. The van der Waals surface area contributed by atoms with Crippen LogP contribution in [0.4, 0.5) is 0 Å². The molecule has 0 aliphatic carbocycles. The van der Waals surface area contributed by atoms with Gasteiger partial charge in [0, 0.05) is 18.6 Å². The van der Waals surface area contributed by atoms with Crippen LogP contribution in [0.1, 0.15) is 36.8 Å². The van der Waals surface area contributed by atoms with Crippen LogP contribution in [-0.4, -0.2) is 37.9 Å². The van der Waals surface area contributed by atoms with Crippen molar-refractivity contribution in [3.05, 3.63) is 29.3 Å². The number of benzene rings is 1. The number of hydrogen-bond acceptors (Lipinski definition) is 3. The summed E-state index contributed by atoms with van der Waals surface area (Å²) in [7, 11) is -3.37. The minimum absolute atomic E-state index is 0.124. The molecule has 2 heterocycles. The number of nitrogens with one attached hydrogen (secondary N) is 1. The number of sulfonamides is 1. The number of rotatable bonds is 3. The van der Waals surface area contributed by atoms with Crippen LogP contribution in [0, 0.1) is 13.8 Å². The summed E-state index contributed by atoms with van der Waals surface area (Å²) < 4.78 is 27.7. The Labute approximate surface area is 127 Å². The zero-order chi connectivity index (χ0) is 15.0. The minimum Gasteiger partial charge on any atom is -0.312 e. The minimum atomic E-state index is -3.37. The van der Waals surface area contributed by atoms with Crippen molar-refractivity contribution in [1.29, 1.82) is 0 Å². The van der Waals surface area contributed by atoms with Crippen LogP contribution < -0.4 is 5.32 Å². The Morgan fingerprint density at radius 2 is 1.95 bits per heavy atom. The van der Waals surface area contributed by atoms with Gasteiger partial charge in [-0.3, -0.25) is 0 Å². The van der Waals surface area contributed by atoms with E-state index in [1.165, 1.54) is 0 Å². The summed E-state index contributed by atoms with van der Waals surface area (Å²) in [5.74, 6) is 0. The molecular weight excluding hydrogens is 284 g/mol. The molecule has 4 nitrogen and oxygen atoms in total. The molecule has 21 heavy (non-hydrogen) atoms. The molecule has 2 unspecified atom stereocenters. The van der Waals surface area contributed by atoms with Gasteiger partial charge in [-0.1, -0.05) is 6.07 Å². The highest BCUT2D eigenvalue weighted by Gasteiger charge is 2.40. The van der Waals surface area contributed by atoms with Gasteiger partial charge in [-0.25, -0.2) is 8.42 Å². The van der Waals surface area contributed by atoms with E-state index in [1.54, 1.807) is 10.4 Å². The Bertz CT molecular complexity index is 621. The Hall–Kier alpha value is -0.910. The fourth-order valence-electron chi connectivity index (χ4n) is 3.52. The molecule has 116 valence electrons. The van der Waals surface area contributed by atoms with Crippen LogP contribution in [0.5, 0.6) is 0 Å². The zero-order valence-corrected chi connectivity index (χ0v) is 13.6. The summed E-state index contributed by atoms with van der Waals surface area (Å²) in [4.78, 5) is 0.440. The molecule has 3 rings (SSSR count). The number of aryl methyl sites for hydroxylation is 2. The maximum Gasteiger partial charge on any atom is 0.243 e. The first-order chi connectivity index (χ1) is 10.00. The first kappa shape index (κ1) is 15.0. The van der Waals surface area contributed by atoms with Crippen molar-refractivity contribution in [2.75, 3.05) is 13.1 Å². The van der Waals surface area contributed by atoms with Gasteiger partial charge in [0.15, 0.2) is 0 Å². The molecule has 0 radical (unpaired) electrons. The molecule has 0 saturated carbocycles. The standard InChI is InChI=1S/C16H24N2O2S/c1-12-7-8-14(11-13(12)2)21(19,20)18-10-4-6-16(18)15-5-3-9-17-15/h7-8,11,15-17H,3-6,9-10H2,1-2H3. The summed E-state index contributed by atoms with van der Waals surface area (Å²) in [6, 6.07) is 5.91. The Balaban J connectivity index is 1.91. The summed E-state index contributed by atoms with van der Waals surface area (Å²) in [5.41, 5.74) is 2.16. The normalized spacial score (nSPS) is 27.3. The van der Waals surface area contributed by atoms with Crippen molar-refractivity contribution in [3.8, 4) is 0 Å². The predicted octanol–water partition coefficient (Wildman–Crippen LogP) is 2.21. The average Bonchev–Trinajstić information content (AvgIpc) is 3.11. The van der Waals surface area contributed by atoms with Crippen molar-refractivity contribution in [2.24, 2.45) is 0 Å². The molecule has 2 aliphatic heterocycles. The van der Waals surface area contributed by atoms with E-state index < -0.39 is 10.0 Å². The van der Waals surface area contributed by atoms with Crippen LogP contribution in [0.2, 0.25) is 0 Å². The van der Waals surface area contributed by atoms with E-state index in [0.29, 0.717) is 17.5 Å². The molecule has 0 spiro atoms. The van der Waals surface area contributed by atoms with E-state index in [2.05, 4.69) is 5.32 Å². The van der Waals surface area contributed by atoms with E-state index >= 15 is 0 Å². The number of hydrogen-bond donors (Lipinski definition) is 1. The van der Waals surface area contributed by atoms with Gasteiger partial charge in [-0.2, -0.15) is 4.31 Å². The molecule has 1 N–H and O–H groups in total. The molecule has 2 atom stereocenters. The second kappa shape index (κ2) is 5.71. The third-order valence-corrected chi connectivity index (χ3v) is 6.82. The fourth-order valence-corrected chi connectivity index (χ4v) is 5.33. The molecule has 2 aliphatic rings. The van der Waals surface area contributed by atoms with Crippen LogP contribution in [-0.2, 0) is 10.0 Å². The van der Waals surface area contributed by atoms with Crippen LogP contribution >= 0.6 is 0 Å². The highest BCUT2D eigenvalue weighted by molar-refractivity contribution is 7.89. The monoisotopic (exact) mass is 308 g/mol.